The van der Waals surface area contributed by atoms with Crippen molar-refractivity contribution in [1.29, 1.82) is 0 Å². The Morgan fingerprint density at radius 2 is 1.96 bits per heavy atom. The summed E-state index contributed by atoms with van der Waals surface area (Å²) in [4.78, 5) is 16.5. The van der Waals surface area contributed by atoms with Crippen LogP contribution in [0.15, 0.2) is 42.4 Å². The van der Waals surface area contributed by atoms with Crippen LogP contribution in [0.25, 0.3) is 33.2 Å². The molecule has 1 aliphatic heterocycles. The summed E-state index contributed by atoms with van der Waals surface area (Å²) >= 11 is 1.56. The molecule has 4 aromatic rings. The second-order valence-corrected chi connectivity index (χ2v) is 7.72. The van der Waals surface area contributed by atoms with Crippen molar-refractivity contribution in [1.82, 2.24) is 35.0 Å². The number of H-pyrrole nitrogens is 1. The summed E-state index contributed by atoms with van der Waals surface area (Å²) in [7, 11) is 0. The average Bonchev–Trinajstić information content (AvgIpc) is 3.49. The number of anilines is 1. The van der Waals surface area contributed by atoms with Gasteiger partial charge in [0.05, 0.1) is 29.7 Å². The number of nitrogens with two attached hydrogens (primary N) is 1. The minimum absolute atomic E-state index is 0.439. The van der Waals surface area contributed by atoms with Gasteiger partial charge in [0.15, 0.2) is 0 Å². The third-order valence-electron chi connectivity index (χ3n) is 5.03. The number of nitrogens with zero attached hydrogens (tertiary/aromatic N) is 5. The van der Waals surface area contributed by atoms with Crippen molar-refractivity contribution in [2.45, 2.75) is 18.9 Å². The highest BCUT2D eigenvalue weighted by Crippen LogP contribution is 2.30. The fourth-order valence-electron chi connectivity index (χ4n) is 3.50. The van der Waals surface area contributed by atoms with Crippen LogP contribution in [0.4, 0.5) is 5.82 Å². The minimum atomic E-state index is 0.439. The van der Waals surface area contributed by atoms with Crippen molar-refractivity contribution in [3.05, 3.63) is 42.4 Å². The standard InChI is InChI=1S/C19H20N8S/c20-17-15(18-24-10-16(26-18)19-22-5-6-28-19)7-12(8-23-17)13-9-25-27(11-13)14-1-3-21-4-2-14/h5-11,14,21H,1-4H2,(H2,20,23)(H,24,26). The summed E-state index contributed by atoms with van der Waals surface area (Å²) in [6.07, 6.45) is 11.5. The normalized spacial score (nSPS) is 15.1. The Morgan fingerprint density at radius 3 is 2.79 bits per heavy atom. The zero-order chi connectivity index (χ0) is 18.9. The van der Waals surface area contributed by atoms with Crippen LogP contribution in [0.5, 0.6) is 0 Å². The van der Waals surface area contributed by atoms with Gasteiger partial charge in [0, 0.05) is 35.1 Å². The van der Waals surface area contributed by atoms with E-state index >= 15 is 0 Å². The summed E-state index contributed by atoms with van der Waals surface area (Å²) in [6.45, 7) is 2.07. The maximum absolute atomic E-state index is 6.14. The predicted molar refractivity (Wildman–Crippen MR) is 110 cm³/mol. The highest BCUT2D eigenvalue weighted by molar-refractivity contribution is 7.13. The lowest BCUT2D eigenvalue weighted by Crippen LogP contribution is -2.29. The molecule has 0 amide bonds. The number of imidazole rings is 1. The van der Waals surface area contributed by atoms with Crippen LogP contribution in [0.2, 0.25) is 0 Å². The lowest BCUT2D eigenvalue weighted by atomic mass is 10.1. The van der Waals surface area contributed by atoms with Gasteiger partial charge in [-0.25, -0.2) is 15.0 Å². The molecule has 0 atom stereocenters. The van der Waals surface area contributed by atoms with Gasteiger partial charge in [-0.3, -0.25) is 4.68 Å². The molecule has 142 valence electrons. The van der Waals surface area contributed by atoms with E-state index in [-0.39, 0.29) is 0 Å². The topological polar surface area (TPSA) is 110 Å². The summed E-state index contributed by atoms with van der Waals surface area (Å²) in [6, 6.07) is 2.46. The Hall–Kier alpha value is -3.04. The molecule has 1 fully saturated rings. The first kappa shape index (κ1) is 17.1. The van der Waals surface area contributed by atoms with E-state index in [0.717, 1.165) is 53.3 Å². The lowest BCUT2D eigenvalue weighted by molar-refractivity contribution is 0.343. The Morgan fingerprint density at radius 1 is 1.07 bits per heavy atom. The van der Waals surface area contributed by atoms with E-state index in [0.29, 0.717) is 17.7 Å². The van der Waals surface area contributed by atoms with Crippen LogP contribution in [0.3, 0.4) is 0 Å². The van der Waals surface area contributed by atoms with E-state index in [9.17, 15) is 0 Å². The number of rotatable bonds is 4. The second-order valence-electron chi connectivity index (χ2n) is 6.83. The van der Waals surface area contributed by atoms with E-state index < -0.39 is 0 Å². The van der Waals surface area contributed by atoms with E-state index in [1.54, 1.807) is 29.9 Å². The third-order valence-corrected chi connectivity index (χ3v) is 5.84. The molecular weight excluding hydrogens is 372 g/mol. The van der Waals surface area contributed by atoms with Crippen LogP contribution < -0.4 is 11.1 Å². The predicted octanol–water partition coefficient (Wildman–Crippen LogP) is 2.97. The smallest absolute Gasteiger partial charge is 0.141 e. The van der Waals surface area contributed by atoms with Crippen LogP contribution in [-0.2, 0) is 0 Å². The summed E-state index contributed by atoms with van der Waals surface area (Å²) in [5.41, 5.74) is 9.78. The molecule has 8 nitrogen and oxygen atoms in total. The zero-order valence-electron chi connectivity index (χ0n) is 15.2. The number of aromatic amines is 1. The Labute approximate surface area is 165 Å². The number of piperidine rings is 1. The summed E-state index contributed by atoms with van der Waals surface area (Å²) in [5, 5.41) is 10.8. The molecule has 4 N–H and O–H groups in total. The molecule has 4 aromatic heterocycles. The van der Waals surface area contributed by atoms with Gasteiger partial charge < -0.3 is 16.0 Å². The maximum Gasteiger partial charge on any atom is 0.141 e. The van der Waals surface area contributed by atoms with Crippen molar-refractivity contribution < 1.29 is 0 Å². The first-order chi connectivity index (χ1) is 13.8. The van der Waals surface area contributed by atoms with Crippen LogP contribution >= 0.6 is 11.3 Å². The van der Waals surface area contributed by atoms with Gasteiger partial charge in [0.2, 0.25) is 0 Å². The van der Waals surface area contributed by atoms with Gasteiger partial charge in [0.25, 0.3) is 0 Å². The van der Waals surface area contributed by atoms with Gasteiger partial charge in [-0.05, 0) is 32.0 Å². The van der Waals surface area contributed by atoms with Crippen molar-refractivity contribution >= 4 is 17.2 Å². The molecule has 5 heterocycles. The number of hydrogen-bond donors (Lipinski definition) is 3. The molecule has 1 saturated heterocycles. The molecule has 0 unspecified atom stereocenters. The zero-order valence-corrected chi connectivity index (χ0v) is 16.0. The molecule has 0 aromatic carbocycles. The van der Waals surface area contributed by atoms with Gasteiger partial charge >= 0.3 is 0 Å². The van der Waals surface area contributed by atoms with Crippen LogP contribution in [-0.4, -0.2) is 42.8 Å². The largest absolute Gasteiger partial charge is 0.383 e. The van der Waals surface area contributed by atoms with Gasteiger partial charge in [-0.1, -0.05) is 0 Å². The van der Waals surface area contributed by atoms with Crippen molar-refractivity contribution in [3.63, 3.8) is 0 Å². The van der Waals surface area contributed by atoms with E-state index in [1.807, 2.05) is 17.6 Å². The number of pyridine rings is 1. The van der Waals surface area contributed by atoms with Crippen LogP contribution in [0.1, 0.15) is 18.9 Å². The first-order valence-electron chi connectivity index (χ1n) is 9.24. The molecule has 9 heteroatoms. The average molecular weight is 392 g/mol. The van der Waals surface area contributed by atoms with Crippen molar-refractivity contribution in [2.75, 3.05) is 18.8 Å². The third kappa shape index (κ3) is 3.19. The first-order valence-corrected chi connectivity index (χ1v) is 10.1. The Balaban J connectivity index is 1.46. The molecule has 0 spiro atoms. The Bertz CT molecular complexity index is 1080. The number of thiazole rings is 1. The SMILES string of the molecule is Nc1ncc(-c2cnn(C3CCNCC3)c2)cc1-c1ncc(-c2nccs2)[nH]1. The number of aromatic nitrogens is 6. The quantitative estimate of drug-likeness (QED) is 0.492. The molecule has 0 bridgehead atoms. The number of nitrogen functional groups attached to an aromatic ring is 1. The monoisotopic (exact) mass is 392 g/mol. The molecule has 5 rings (SSSR count). The molecule has 0 saturated carbocycles. The fraction of sp³-hybridized carbons (Fsp3) is 0.263. The number of hydrogen-bond acceptors (Lipinski definition) is 7. The Kier molecular flexibility index (Phi) is 4.38. The lowest BCUT2D eigenvalue weighted by Gasteiger charge is -2.22. The maximum atomic E-state index is 6.14. The minimum Gasteiger partial charge on any atom is -0.383 e. The molecule has 1 aliphatic rings. The summed E-state index contributed by atoms with van der Waals surface area (Å²) in [5.74, 6) is 1.12. The highest BCUT2D eigenvalue weighted by atomic mass is 32.1. The second kappa shape index (κ2) is 7.17. The molecule has 0 aliphatic carbocycles. The van der Waals surface area contributed by atoms with Gasteiger partial charge in [-0.15, -0.1) is 11.3 Å². The van der Waals surface area contributed by atoms with Gasteiger partial charge in [0.1, 0.15) is 16.6 Å². The van der Waals surface area contributed by atoms with Crippen molar-refractivity contribution in [2.24, 2.45) is 0 Å². The van der Waals surface area contributed by atoms with Gasteiger partial charge in [-0.2, -0.15) is 5.10 Å². The van der Waals surface area contributed by atoms with E-state index in [1.165, 1.54) is 0 Å². The molecular formula is C19H20N8S. The number of nitrogens with one attached hydrogen (secondary N) is 2. The van der Waals surface area contributed by atoms with Crippen molar-refractivity contribution in [3.8, 4) is 33.2 Å². The molecule has 28 heavy (non-hydrogen) atoms. The highest BCUT2D eigenvalue weighted by Gasteiger charge is 2.17. The fourth-order valence-corrected chi connectivity index (χ4v) is 4.11. The summed E-state index contributed by atoms with van der Waals surface area (Å²) < 4.78 is 2.07. The molecule has 0 radical (unpaired) electrons. The van der Waals surface area contributed by atoms with E-state index in [4.69, 9.17) is 5.73 Å². The van der Waals surface area contributed by atoms with E-state index in [2.05, 4.69) is 41.2 Å². The van der Waals surface area contributed by atoms with Crippen LogP contribution in [0, 0.1) is 0 Å².